The Morgan fingerprint density at radius 2 is 1.79 bits per heavy atom. The minimum atomic E-state index is -0.835. The maximum absolute atomic E-state index is 11.9. The van der Waals surface area contributed by atoms with Crippen LogP contribution in [0.3, 0.4) is 0 Å². The molecule has 7 nitrogen and oxygen atoms in total. The van der Waals surface area contributed by atoms with Gasteiger partial charge in [0.25, 0.3) is 0 Å². The summed E-state index contributed by atoms with van der Waals surface area (Å²) in [7, 11) is 1.56. The highest BCUT2D eigenvalue weighted by molar-refractivity contribution is 6.35. The molecule has 2 N–H and O–H groups in total. The van der Waals surface area contributed by atoms with E-state index in [0.29, 0.717) is 29.6 Å². The van der Waals surface area contributed by atoms with Crippen molar-refractivity contribution in [1.82, 2.24) is 10.7 Å². The Hall–Kier alpha value is -3.35. The molecule has 0 unspecified atom stereocenters. The van der Waals surface area contributed by atoms with Gasteiger partial charge in [-0.1, -0.05) is 38.1 Å². The van der Waals surface area contributed by atoms with Crippen molar-refractivity contribution in [3.63, 3.8) is 0 Å². The summed E-state index contributed by atoms with van der Waals surface area (Å²) in [5.41, 5.74) is 5.05. The van der Waals surface area contributed by atoms with E-state index in [1.54, 1.807) is 25.3 Å². The molecule has 0 aromatic heterocycles. The van der Waals surface area contributed by atoms with Gasteiger partial charge in [0.1, 0.15) is 0 Å². The molecule has 0 spiro atoms. The summed E-state index contributed by atoms with van der Waals surface area (Å²) in [6, 6.07) is 13.1. The number of rotatable bonds is 8. The lowest BCUT2D eigenvalue weighted by atomic mass is 10.0. The summed E-state index contributed by atoms with van der Waals surface area (Å²) >= 11 is 0. The molecular formula is C22H27N3O4. The average molecular weight is 397 g/mol. The number of nitrogens with one attached hydrogen (secondary N) is 2. The summed E-state index contributed by atoms with van der Waals surface area (Å²) in [4.78, 5) is 23.8. The van der Waals surface area contributed by atoms with Crippen molar-refractivity contribution in [1.29, 1.82) is 0 Å². The van der Waals surface area contributed by atoms with E-state index in [1.165, 1.54) is 11.8 Å². The average Bonchev–Trinajstić information content (AvgIpc) is 2.72. The molecule has 154 valence electrons. The van der Waals surface area contributed by atoms with Gasteiger partial charge < -0.3 is 14.8 Å². The number of carbonyl (C=O) groups is 2. The van der Waals surface area contributed by atoms with Crippen LogP contribution in [0.4, 0.5) is 0 Å². The van der Waals surface area contributed by atoms with Gasteiger partial charge in [-0.15, -0.1) is 0 Å². The molecule has 0 fully saturated rings. The van der Waals surface area contributed by atoms with Gasteiger partial charge in [0, 0.05) is 6.54 Å². The van der Waals surface area contributed by atoms with Gasteiger partial charge in [0.05, 0.1) is 19.9 Å². The Bertz CT molecular complexity index is 861. The predicted molar refractivity (Wildman–Crippen MR) is 112 cm³/mol. The Labute approximate surface area is 171 Å². The largest absolute Gasteiger partial charge is 0.493 e. The standard InChI is InChI=1S/C22H27N3O4/c1-5-29-20-12-17(8-11-19(20)28-4)14-24-25-22(27)21(26)23-13-16-6-9-18(10-7-16)15(2)3/h6-12,14-15H,5,13H2,1-4H3,(H,23,26)(H,25,27)/b24-14-. The minimum absolute atomic E-state index is 0.268. The number of hydrogen-bond donors (Lipinski definition) is 2. The molecule has 2 aromatic carbocycles. The summed E-state index contributed by atoms with van der Waals surface area (Å²) < 4.78 is 10.7. The number of hydrogen-bond acceptors (Lipinski definition) is 5. The molecule has 0 heterocycles. The third-order valence-corrected chi connectivity index (χ3v) is 4.17. The van der Waals surface area contributed by atoms with Crippen LogP contribution in [0.15, 0.2) is 47.6 Å². The third kappa shape index (κ3) is 6.64. The minimum Gasteiger partial charge on any atom is -0.493 e. The first-order valence-electron chi connectivity index (χ1n) is 9.45. The highest BCUT2D eigenvalue weighted by Crippen LogP contribution is 2.27. The molecule has 29 heavy (non-hydrogen) atoms. The van der Waals surface area contributed by atoms with Crippen LogP contribution in [-0.4, -0.2) is 31.7 Å². The second kappa shape index (κ2) is 10.8. The van der Waals surface area contributed by atoms with E-state index in [9.17, 15) is 9.59 Å². The SMILES string of the molecule is CCOc1cc(/C=N\NC(=O)C(=O)NCc2ccc(C(C)C)cc2)ccc1OC. The van der Waals surface area contributed by atoms with Crippen molar-refractivity contribution in [3.8, 4) is 11.5 Å². The monoisotopic (exact) mass is 397 g/mol. The first kappa shape index (κ1) is 21.9. The molecule has 0 aliphatic rings. The van der Waals surface area contributed by atoms with Crippen LogP contribution in [0, 0.1) is 0 Å². The molecule has 2 amide bonds. The Balaban J connectivity index is 1.86. The normalized spacial score (nSPS) is 10.8. The number of ether oxygens (including phenoxy) is 2. The summed E-state index contributed by atoms with van der Waals surface area (Å²) in [5.74, 6) is 0.0383. The number of carbonyl (C=O) groups excluding carboxylic acids is 2. The van der Waals surface area contributed by atoms with Gasteiger partial charge in [-0.05, 0) is 47.7 Å². The van der Waals surface area contributed by atoms with E-state index in [1.807, 2.05) is 31.2 Å². The zero-order valence-corrected chi connectivity index (χ0v) is 17.2. The molecule has 0 saturated heterocycles. The van der Waals surface area contributed by atoms with Gasteiger partial charge in [-0.25, -0.2) is 5.43 Å². The first-order chi connectivity index (χ1) is 13.9. The molecule has 7 heteroatoms. The highest BCUT2D eigenvalue weighted by atomic mass is 16.5. The summed E-state index contributed by atoms with van der Waals surface area (Å²) in [5, 5.41) is 6.40. The Kier molecular flexibility index (Phi) is 8.21. The number of hydrazone groups is 1. The second-order valence-electron chi connectivity index (χ2n) is 6.62. The van der Waals surface area contributed by atoms with Crippen molar-refractivity contribution < 1.29 is 19.1 Å². The van der Waals surface area contributed by atoms with Gasteiger partial charge in [-0.3, -0.25) is 9.59 Å². The zero-order chi connectivity index (χ0) is 21.2. The summed E-state index contributed by atoms with van der Waals surface area (Å²) in [6.45, 7) is 6.87. The smallest absolute Gasteiger partial charge is 0.329 e. The lowest BCUT2D eigenvalue weighted by Crippen LogP contribution is -2.37. The zero-order valence-electron chi connectivity index (χ0n) is 17.2. The Morgan fingerprint density at radius 3 is 2.41 bits per heavy atom. The quantitative estimate of drug-likeness (QED) is 0.407. The molecule has 2 aromatic rings. The van der Waals surface area contributed by atoms with E-state index in [2.05, 4.69) is 29.7 Å². The van der Waals surface area contributed by atoms with Gasteiger partial charge in [0.2, 0.25) is 0 Å². The van der Waals surface area contributed by atoms with Crippen LogP contribution in [0.25, 0.3) is 0 Å². The number of benzene rings is 2. The van der Waals surface area contributed by atoms with Crippen molar-refractivity contribution in [3.05, 3.63) is 59.2 Å². The number of amides is 2. The fraction of sp³-hybridized carbons (Fsp3) is 0.318. The van der Waals surface area contributed by atoms with Crippen LogP contribution in [0.1, 0.15) is 43.4 Å². The van der Waals surface area contributed by atoms with E-state index in [-0.39, 0.29) is 6.54 Å². The fourth-order valence-corrected chi connectivity index (χ4v) is 2.54. The molecule has 0 atom stereocenters. The molecule has 0 bridgehead atoms. The lowest BCUT2D eigenvalue weighted by Gasteiger charge is -2.09. The van der Waals surface area contributed by atoms with Gasteiger partial charge >= 0.3 is 11.8 Å². The van der Waals surface area contributed by atoms with E-state index in [0.717, 1.165) is 5.56 Å². The molecule has 0 radical (unpaired) electrons. The highest BCUT2D eigenvalue weighted by Gasteiger charge is 2.12. The fourth-order valence-electron chi connectivity index (χ4n) is 2.54. The van der Waals surface area contributed by atoms with Crippen LogP contribution in [0.5, 0.6) is 11.5 Å². The lowest BCUT2D eigenvalue weighted by molar-refractivity contribution is -0.139. The predicted octanol–water partition coefficient (Wildman–Crippen LogP) is 2.98. The molecule has 0 aliphatic heterocycles. The van der Waals surface area contributed by atoms with Crippen LogP contribution < -0.4 is 20.2 Å². The van der Waals surface area contributed by atoms with E-state index >= 15 is 0 Å². The van der Waals surface area contributed by atoms with Gasteiger partial charge in [0.15, 0.2) is 11.5 Å². The van der Waals surface area contributed by atoms with Crippen LogP contribution in [0.2, 0.25) is 0 Å². The van der Waals surface area contributed by atoms with Crippen molar-refractivity contribution in [2.75, 3.05) is 13.7 Å². The molecular weight excluding hydrogens is 370 g/mol. The molecule has 0 aliphatic carbocycles. The Morgan fingerprint density at radius 1 is 1.07 bits per heavy atom. The van der Waals surface area contributed by atoms with Crippen molar-refractivity contribution in [2.24, 2.45) is 5.10 Å². The maximum Gasteiger partial charge on any atom is 0.329 e. The molecule has 0 saturated carbocycles. The number of nitrogens with zero attached hydrogens (tertiary/aromatic N) is 1. The second-order valence-corrected chi connectivity index (χ2v) is 6.62. The number of methoxy groups -OCH3 is 1. The molecule has 2 rings (SSSR count). The van der Waals surface area contributed by atoms with Gasteiger partial charge in [-0.2, -0.15) is 5.10 Å². The van der Waals surface area contributed by atoms with Crippen LogP contribution in [-0.2, 0) is 16.1 Å². The van der Waals surface area contributed by atoms with Crippen molar-refractivity contribution >= 4 is 18.0 Å². The summed E-state index contributed by atoms with van der Waals surface area (Å²) in [6.07, 6.45) is 1.43. The topological polar surface area (TPSA) is 89.0 Å². The third-order valence-electron chi connectivity index (χ3n) is 4.17. The van der Waals surface area contributed by atoms with E-state index in [4.69, 9.17) is 9.47 Å². The first-order valence-corrected chi connectivity index (χ1v) is 9.45. The van der Waals surface area contributed by atoms with Crippen LogP contribution >= 0.6 is 0 Å². The van der Waals surface area contributed by atoms with E-state index < -0.39 is 11.8 Å². The maximum atomic E-state index is 11.9. The van der Waals surface area contributed by atoms with Crippen molar-refractivity contribution in [2.45, 2.75) is 33.2 Å².